The zero-order valence-corrected chi connectivity index (χ0v) is 10.5. The molecule has 0 saturated carbocycles. The van der Waals surface area contributed by atoms with Crippen molar-refractivity contribution in [3.05, 3.63) is 59.7 Å². The van der Waals surface area contributed by atoms with Crippen LogP contribution in [0, 0.1) is 0 Å². The maximum absolute atomic E-state index is 11.3. The topological polar surface area (TPSA) is 35.5 Å². The van der Waals surface area contributed by atoms with Gasteiger partial charge in [0.1, 0.15) is 24.7 Å². The third kappa shape index (κ3) is 2.76. The highest BCUT2D eigenvalue weighted by atomic mass is 16.5. The van der Waals surface area contributed by atoms with Gasteiger partial charge in [0, 0.05) is 18.1 Å². The molecule has 0 amide bonds. The van der Waals surface area contributed by atoms with Crippen LogP contribution in [0.2, 0.25) is 0 Å². The van der Waals surface area contributed by atoms with Crippen LogP contribution in [0.5, 0.6) is 11.5 Å². The van der Waals surface area contributed by atoms with Gasteiger partial charge >= 0.3 is 0 Å². The average molecular weight is 254 g/mol. The molecule has 1 heterocycles. The quantitative estimate of drug-likeness (QED) is 0.845. The molecule has 2 aromatic carbocycles. The van der Waals surface area contributed by atoms with Crippen LogP contribution in [0.3, 0.4) is 0 Å². The van der Waals surface area contributed by atoms with E-state index in [2.05, 4.69) is 0 Å². The Morgan fingerprint density at radius 3 is 2.79 bits per heavy atom. The van der Waals surface area contributed by atoms with Crippen LogP contribution in [0.1, 0.15) is 11.1 Å². The molecule has 0 bridgehead atoms. The third-order valence-electron chi connectivity index (χ3n) is 3.06. The predicted octanol–water partition coefficient (Wildman–Crippen LogP) is 2.77. The second-order valence-corrected chi connectivity index (χ2v) is 4.55. The largest absolute Gasteiger partial charge is 0.489 e. The van der Waals surface area contributed by atoms with E-state index >= 15 is 0 Å². The van der Waals surface area contributed by atoms with Crippen molar-refractivity contribution < 1.29 is 14.3 Å². The number of ether oxygens (including phenoxy) is 2. The SMILES string of the molecule is O=C1COc2cc(OCc3ccccc3)ccc2C1. The van der Waals surface area contributed by atoms with E-state index in [9.17, 15) is 4.79 Å². The minimum atomic E-state index is 0.116. The third-order valence-corrected chi connectivity index (χ3v) is 3.06. The number of ketones is 1. The van der Waals surface area contributed by atoms with E-state index in [4.69, 9.17) is 9.47 Å². The van der Waals surface area contributed by atoms with E-state index in [0.717, 1.165) is 22.6 Å². The second-order valence-electron chi connectivity index (χ2n) is 4.55. The first-order chi connectivity index (χ1) is 9.31. The van der Waals surface area contributed by atoms with Gasteiger partial charge in [-0.3, -0.25) is 4.79 Å². The van der Waals surface area contributed by atoms with Gasteiger partial charge in [0.15, 0.2) is 5.78 Å². The molecule has 0 unspecified atom stereocenters. The molecule has 0 fully saturated rings. The molecule has 0 N–H and O–H groups in total. The summed E-state index contributed by atoms with van der Waals surface area (Å²) in [5.41, 5.74) is 2.06. The van der Waals surface area contributed by atoms with Gasteiger partial charge in [-0.2, -0.15) is 0 Å². The van der Waals surface area contributed by atoms with Gasteiger partial charge in [-0.05, 0) is 11.6 Å². The second kappa shape index (κ2) is 5.14. The Morgan fingerprint density at radius 2 is 1.95 bits per heavy atom. The van der Waals surface area contributed by atoms with Crippen molar-refractivity contribution in [2.24, 2.45) is 0 Å². The first-order valence-electron chi connectivity index (χ1n) is 6.25. The van der Waals surface area contributed by atoms with Crippen LogP contribution in [-0.2, 0) is 17.8 Å². The number of carbonyl (C=O) groups is 1. The highest BCUT2D eigenvalue weighted by Crippen LogP contribution is 2.28. The van der Waals surface area contributed by atoms with Crippen molar-refractivity contribution in [1.29, 1.82) is 0 Å². The van der Waals surface area contributed by atoms with Crippen LogP contribution in [0.15, 0.2) is 48.5 Å². The lowest BCUT2D eigenvalue weighted by Crippen LogP contribution is -2.20. The Labute approximate surface area is 111 Å². The fraction of sp³-hybridized carbons (Fsp3) is 0.188. The maximum Gasteiger partial charge on any atom is 0.174 e. The lowest BCUT2D eigenvalue weighted by Gasteiger charge is -2.17. The monoisotopic (exact) mass is 254 g/mol. The zero-order chi connectivity index (χ0) is 13.1. The molecule has 0 aromatic heterocycles. The molecular formula is C16H14O3. The number of carbonyl (C=O) groups excluding carboxylic acids is 1. The zero-order valence-electron chi connectivity index (χ0n) is 10.5. The van der Waals surface area contributed by atoms with Gasteiger partial charge < -0.3 is 9.47 Å². The van der Waals surface area contributed by atoms with Gasteiger partial charge in [0.05, 0.1) is 0 Å². The normalized spacial score (nSPS) is 13.6. The fourth-order valence-corrected chi connectivity index (χ4v) is 2.07. The van der Waals surface area contributed by atoms with E-state index < -0.39 is 0 Å². The number of fused-ring (bicyclic) bond motifs is 1. The summed E-state index contributed by atoms with van der Waals surface area (Å²) in [7, 11) is 0. The number of rotatable bonds is 3. The average Bonchev–Trinajstić information content (AvgIpc) is 2.46. The molecule has 0 saturated heterocycles. The minimum absolute atomic E-state index is 0.116. The molecule has 3 rings (SSSR count). The first kappa shape index (κ1) is 11.8. The molecular weight excluding hydrogens is 240 g/mol. The molecule has 3 heteroatoms. The van der Waals surface area contributed by atoms with Crippen LogP contribution in [-0.4, -0.2) is 12.4 Å². The molecule has 96 valence electrons. The van der Waals surface area contributed by atoms with Gasteiger partial charge in [0.2, 0.25) is 0 Å². The van der Waals surface area contributed by atoms with Crippen molar-refractivity contribution in [1.82, 2.24) is 0 Å². The summed E-state index contributed by atoms with van der Waals surface area (Å²) in [5, 5.41) is 0. The van der Waals surface area contributed by atoms with Crippen LogP contribution in [0.4, 0.5) is 0 Å². The first-order valence-corrected chi connectivity index (χ1v) is 6.25. The number of hydrogen-bond acceptors (Lipinski definition) is 3. The Bertz CT molecular complexity index is 590. The Hall–Kier alpha value is -2.29. The number of hydrogen-bond donors (Lipinski definition) is 0. The summed E-state index contributed by atoms with van der Waals surface area (Å²) in [5.74, 6) is 1.63. The number of Topliss-reactive ketones (excluding diaryl/α,β-unsaturated/α-hetero) is 1. The summed E-state index contributed by atoms with van der Waals surface area (Å²) in [6.45, 7) is 0.688. The van der Waals surface area contributed by atoms with Gasteiger partial charge in [-0.15, -0.1) is 0 Å². The van der Waals surface area contributed by atoms with Gasteiger partial charge in [0.25, 0.3) is 0 Å². The van der Waals surface area contributed by atoms with Crippen molar-refractivity contribution in [3.8, 4) is 11.5 Å². The van der Waals surface area contributed by atoms with Crippen LogP contribution in [0.25, 0.3) is 0 Å². The Kier molecular flexibility index (Phi) is 3.19. The van der Waals surface area contributed by atoms with Crippen LogP contribution >= 0.6 is 0 Å². The molecule has 0 aliphatic carbocycles. The fourth-order valence-electron chi connectivity index (χ4n) is 2.07. The van der Waals surface area contributed by atoms with Crippen molar-refractivity contribution >= 4 is 5.78 Å². The highest BCUT2D eigenvalue weighted by Gasteiger charge is 2.17. The molecule has 1 aliphatic rings. The predicted molar refractivity (Wildman–Crippen MR) is 71.4 cm³/mol. The highest BCUT2D eigenvalue weighted by molar-refractivity contribution is 5.84. The van der Waals surface area contributed by atoms with Gasteiger partial charge in [-0.1, -0.05) is 36.4 Å². The van der Waals surface area contributed by atoms with E-state index in [1.165, 1.54) is 0 Å². The van der Waals surface area contributed by atoms with E-state index in [1.807, 2.05) is 48.5 Å². The van der Waals surface area contributed by atoms with Crippen molar-refractivity contribution in [2.45, 2.75) is 13.0 Å². The molecule has 0 atom stereocenters. The Morgan fingerprint density at radius 1 is 1.11 bits per heavy atom. The van der Waals surface area contributed by atoms with Crippen molar-refractivity contribution in [2.75, 3.05) is 6.61 Å². The molecule has 19 heavy (non-hydrogen) atoms. The van der Waals surface area contributed by atoms with Crippen LogP contribution < -0.4 is 9.47 Å². The van der Waals surface area contributed by atoms with E-state index in [1.54, 1.807) is 0 Å². The smallest absolute Gasteiger partial charge is 0.174 e. The number of benzene rings is 2. The van der Waals surface area contributed by atoms with E-state index in [0.29, 0.717) is 13.0 Å². The van der Waals surface area contributed by atoms with Gasteiger partial charge in [-0.25, -0.2) is 0 Å². The minimum Gasteiger partial charge on any atom is -0.489 e. The summed E-state index contributed by atoms with van der Waals surface area (Å²) in [6.07, 6.45) is 0.453. The lowest BCUT2D eigenvalue weighted by atomic mass is 10.1. The van der Waals surface area contributed by atoms with E-state index in [-0.39, 0.29) is 12.4 Å². The molecule has 2 aromatic rings. The lowest BCUT2D eigenvalue weighted by molar-refractivity contribution is -0.121. The molecule has 3 nitrogen and oxygen atoms in total. The summed E-state index contributed by atoms with van der Waals surface area (Å²) < 4.78 is 11.1. The summed E-state index contributed by atoms with van der Waals surface area (Å²) >= 11 is 0. The summed E-state index contributed by atoms with van der Waals surface area (Å²) in [4.78, 5) is 11.3. The maximum atomic E-state index is 11.3. The Balaban J connectivity index is 1.71. The molecule has 0 radical (unpaired) electrons. The summed E-state index contributed by atoms with van der Waals surface area (Å²) in [6, 6.07) is 15.6. The van der Waals surface area contributed by atoms with Crippen molar-refractivity contribution in [3.63, 3.8) is 0 Å². The standard InChI is InChI=1S/C16H14O3/c17-14-8-13-6-7-15(9-16(13)19-11-14)18-10-12-4-2-1-3-5-12/h1-7,9H,8,10-11H2. The molecule has 1 aliphatic heterocycles. The molecule has 0 spiro atoms.